The molecule has 2 aromatic heterocycles. The van der Waals surface area contributed by atoms with E-state index in [0.717, 1.165) is 0 Å². The number of aliphatic hydroxyl groups is 1. The predicted molar refractivity (Wildman–Crippen MR) is 131 cm³/mol. The predicted octanol–water partition coefficient (Wildman–Crippen LogP) is 2.66. The van der Waals surface area contributed by atoms with Crippen LogP contribution in [0.5, 0.6) is 5.75 Å². The maximum absolute atomic E-state index is 15.7. The third kappa shape index (κ3) is 5.23. The number of carbonyl (C=O) groups excluding carboxylic acids is 1. The van der Waals surface area contributed by atoms with E-state index in [9.17, 15) is 14.5 Å². The number of aromatic nitrogens is 4. The molecular weight excluding hydrogens is 562 g/mol. The second-order valence-corrected chi connectivity index (χ2v) is 11.7. The van der Waals surface area contributed by atoms with Gasteiger partial charge in [-0.05, 0) is 35.0 Å². The molecule has 0 spiro atoms. The largest absolute Gasteiger partial charge is 0.424 e. The molecule has 1 aliphatic rings. The smallest absolute Gasteiger partial charge is 0.379 e. The van der Waals surface area contributed by atoms with Gasteiger partial charge in [0.25, 0.3) is 0 Å². The summed E-state index contributed by atoms with van der Waals surface area (Å²) in [5.74, 6) is -0.764. The van der Waals surface area contributed by atoms with E-state index < -0.39 is 43.0 Å². The number of para-hydroxylation sites is 1. The van der Waals surface area contributed by atoms with Gasteiger partial charge in [-0.25, -0.2) is 18.5 Å². The second-order valence-electron chi connectivity index (χ2n) is 8.45. The molecule has 1 aliphatic heterocycles. The number of hydrogen-bond donors (Lipinski definition) is 3. The normalized spacial score (nSPS) is 26.5. The Hall–Kier alpha value is -2.64. The number of ketones is 1. The Kier molecular flexibility index (Phi) is 7.35. The van der Waals surface area contributed by atoms with Gasteiger partial charge in [0.1, 0.15) is 29.8 Å². The summed E-state index contributed by atoms with van der Waals surface area (Å²) in [6, 6.07) is 8.29. The third-order valence-corrected chi connectivity index (χ3v) is 8.63. The average molecular weight is 587 g/mol. The Morgan fingerprint density at radius 1 is 1.39 bits per heavy atom. The number of Topliss-reactive ketones (excluding diaryl/α,β-unsaturated/α-hetero) is 1. The topological polar surface area (TPSA) is 177 Å². The lowest BCUT2D eigenvalue weighted by Crippen LogP contribution is -2.37. The molecule has 3 aromatic rings. The molecule has 0 bridgehead atoms. The Bertz CT molecular complexity index is 1310. The van der Waals surface area contributed by atoms with E-state index >= 15 is 4.39 Å². The van der Waals surface area contributed by atoms with Gasteiger partial charge in [-0.2, -0.15) is 4.98 Å². The minimum absolute atomic E-state index is 0.0233. The van der Waals surface area contributed by atoms with Crippen LogP contribution in [-0.2, 0) is 18.6 Å². The number of fused-ring (bicyclic) bond motifs is 1. The van der Waals surface area contributed by atoms with Crippen molar-refractivity contribution in [3.05, 3.63) is 42.2 Å². The molecule has 194 valence electrons. The molecule has 4 rings (SSSR count). The van der Waals surface area contributed by atoms with Crippen LogP contribution in [-0.4, -0.2) is 60.0 Å². The highest BCUT2D eigenvalue weighted by atomic mass is 79.9. The number of halogens is 2. The molecule has 0 aliphatic carbocycles. The minimum Gasteiger partial charge on any atom is -0.424 e. The second kappa shape index (κ2) is 10.0. The van der Waals surface area contributed by atoms with Gasteiger partial charge in [-0.1, -0.05) is 25.1 Å². The van der Waals surface area contributed by atoms with Crippen molar-refractivity contribution in [2.24, 2.45) is 5.92 Å². The number of nitrogens with two attached hydrogens (primary N) is 2. The highest BCUT2D eigenvalue weighted by molar-refractivity contribution is 9.10. The summed E-state index contributed by atoms with van der Waals surface area (Å²) in [5.41, 5.74) is 11.7. The van der Waals surface area contributed by atoms with E-state index in [-0.39, 0.29) is 40.8 Å². The van der Waals surface area contributed by atoms with Gasteiger partial charge in [0.15, 0.2) is 11.5 Å². The van der Waals surface area contributed by atoms with Crippen molar-refractivity contribution in [1.29, 1.82) is 0 Å². The maximum Gasteiger partial charge on any atom is 0.379 e. The molecule has 2 unspecified atom stereocenters. The lowest BCUT2D eigenvalue weighted by Gasteiger charge is -2.24. The van der Waals surface area contributed by atoms with Crippen LogP contribution in [0.4, 0.5) is 16.2 Å². The van der Waals surface area contributed by atoms with Crippen molar-refractivity contribution < 1.29 is 32.6 Å². The van der Waals surface area contributed by atoms with Crippen LogP contribution < -0.4 is 16.0 Å². The van der Waals surface area contributed by atoms with Crippen LogP contribution in [0.1, 0.15) is 25.6 Å². The summed E-state index contributed by atoms with van der Waals surface area (Å²) in [4.78, 5) is 19.7. The molecule has 1 aromatic carbocycles. The summed E-state index contributed by atoms with van der Waals surface area (Å²) in [5, 5.41) is 14.7. The van der Waals surface area contributed by atoms with Crippen molar-refractivity contribution >= 4 is 46.7 Å². The lowest BCUT2D eigenvalue weighted by atomic mass is 10.1. The van der Waals surface area contributed by atoms with Crippen molar-refractivity contribution in [3.63, 3.8) is 0 Å². The maximum atomic E-state index is 15.7. The van der Waals surface area contributed by atoms with E-state index in [1.165, 1.54) is 17.6 Å². The molecule has 0 saturated carbocycles. The van der Waals surface area contributed by atoms with Gasteiger partial charge >= 0.3 is 7.60 Å². The van der Waals surface area contributed by atoms with Gasteiger partial charge in [0, 0.05) is 5.92 Å². The van der Waals surface area contributed by atoms with Gasteiger partial charge in [0.05, 0.1) is 24.7 Å². The van der Waals surface area contributed by atoms with Crippen molar-refractivity contribution in [3.8, 4) is 5.75 Å². The van der Waals surface area contributed by atoms with Crippen LogP contribution in [0, 0.1) is 5.92 Å². The molecule has 1 saturated heterocycles. The van der Waals surface area contributed by atoms with E-state index in [1.54, 1.807) is 37.3 Å². The highest BCUT2D eigenvalue weighted by Crippen LogP contribution is 2.53. The number of imidazole rings is 1. The Balaban J connectivity index is 1.57. The molecule has 5 N–H and O–H groups in total. The van der Waals surface area contributed by atoms with Crippen LogP contribution in [0.3, 0.4) is 0 Å². The molecular formula is C21H25BrFN6O6P. The van der Waals surface area contributed by atoms with Crippen molar-refractivity contribution in [2.45, 2.75) is 36.7 Å². The SMILES string of the molecule is CC(=O)[C@H](C)CP(=O)(OC[C@H]1O[C@@H](c2cnc3c(N)nc(N)nn23)[C@@](F)(Br)C1O)Oc1ccccc1. The standard InChI is InChI=1S/C21H25BrFN6O6P/c1-11(12(2)30)10-36(32,35-13-6-4-3-5-7-13)33-9-15-16(31)21(22,23)17(34-15)14-8-26-19-18(24)27-20(25)28-29(14)19/h3-8,11,15-17,31H,9-10H2,1-2H3,(H4,24,25,27,28)/t11-,15-,16?,17+,21-,36?/m1/s1. The molecule has 6 atom stereocenters. The number of aliphatic hydroxyl groups excluding tert-OH is 1. The number of alkyl halides is 2. The fourth-order valence-electron chi connectivity index (χ4n) is 3.67. The number of anilines is 2. The van der Waals surface area contributed by atoms with Gasteiger partial charge < -0.3 is 25.8 Å². The zero-order valence-electron chi connectivity index (χ0n) is 19.3. The van der Waals surface area contributed by atoms with Gasteiger partial charge in [0.2, 0.25) is 10.5 Å². The lowest BCUT2D eigenvalue weighted by molar-refractivity contribution is -0.119. The zero-order chi connectivity index (χ0) is 26.3. The van der Waals surface area contributed by atoms with E-state index in [0.29, 0.717) is 0 Å². The number of nitrogens with zero attached hydrogens (tertiary/aromatic N) is 4. The Morgan fingerprint density at radius 3 is 2.75 bits per heavy atom. The summed E-state index contributed by atoms with van der Waals surface area (Å²) in [6.45, 7) is 2.46. The first-order valence-electron chi connectivity index (χ1n) is 10.9. The van der Waals surface area contributed by atoms with Crippen LogP contribution in [0.25, 0.3) is 5.65 Å². The fraction of sp³-hybridized carbons (Fsp3) is 0.429. The zero-order valence-corrected chi connectivity index (χ0v) is 21.8. The average Bonchev–Trinajstić information content (AvgIpc) is 3.31. The van der Waals surface area contributed by atoms with E-state index in [4.69, 9.17) is 25.3 Å². The molecule has 15 heteroatoms. The van der Waals surface area contributed by atoms with Crippen molar-refractivity contribution in [1.82, 2.24) is 19.6 Å². The molecule has 1 fully saturated rings. The monoisotopic (exact) mass is 586 g/mol. The Morgan fingerprint density at radius 2 is 2.08 bits per heavy atom. The number of carbonyl (C=O) groups is 1. The fourth-order valence-corrected chi connectivity index (χ4v) is 6.28. The van der Waals surface area contributed by atoms with E-state index in [2.05, 4.69) is 31.0 Å². The van der Waals surface area contributed by atoms with Crippen LogP contribution in [0.2, 0.25) is 0 Å². The van der Waals surface area contributed by atoms with Gasteiger partial charge in [-0.3, -0.25) is 9.32 Å². The summed E-state index contributed by atoms with van der Waals surface area (Å²) < 4.78 is 45.0. The molecule has 0 amide bonds. The van der Waals surface area contributed by atoms with Crippen LogP contribution >= 0.6 is 23.5 Å². The van der Waals surface area contributed by atoms with Crippen LogP contribution in [0.15, 0.2) is 36.5 Å². The quantitative estimate of drug-likeness (QED) is 0.248. The molecule has 36 heavy (non-hydrogen) atoms. The van der Waals surface area contributed by atoms with Crippen molar-refractivity contribution in [2.75, 3.05) is 24.2 Å². The first kappa shape index (κ1) is 26.4. The first-order valence-corrected chi connectivity index (χ1v) is 13.4. The first-order chi connectivity index (χ1) is 16.9. The number of nitrogen functional groups attached to an aromatic ring is 2. The third-order valence-electron chi connectivity index (χ3n) is 5.72. The van der Waals surface area contributed by atoms with E-state index in [1.807, 2.05) is 0 Å². The minimum atomic E-state index is -3.92. The summed E-state index contributed by atoms with van der Waals surface area (Å²) in [6.07, 6.45) is -3.40. The molecule has 3 heterocycles. The number of ether oxygens (including phenoxy) is 1. The highest BCUT2D eigenvalue weighted by Gasteiger charge is 2.58. The molecule has 0 radical (unpaired) electrons. The molecule has 12 nitrogen and oxygen atoms in total. The summed E-state index contributed by atoms with van der Waals surface area (Å²) >= 11 is 2.90. The number of benzene rings is 1. The Labute approximate surface area is 213 Å². The number of hydrogen-bond acceptors (Lipinski definition) is 11. The number of rotatable bonds is 9. The van der Waals surface area contributed by atoms with Gasteiger partial charge in [-0.15, -0.1) is 5.10 Å². The summed E-state index contributed by atoms with van der Waals surface area (Å²) in [7, 11) is -3.92.